The van der Waals surface area contributed by atoms with Crippen molar-refractivity contribution >= 4 is 42.2 Å². The van der Waals surface area contributed by atoms with Crippen LogP contribution in [0.3, 0.4) is 0 Å². The van der Waals surface area contributed by atoms with Gasteiger partial charge in [-0.25, -0.2) is 0 Å². The first-order valence-electron chi connectivity index (χ1n) is 13.6. The predicted molar refractivity (Wildman–Crippen MR) is 153 cm³/mol. The Hall–Kier alpha value is -2.57. The van der Waals surface area contributed by atoms with E-state index in [1.54, 1.807) is 0 Å². The van der Waals surface area contributed by atoms with Crippen molar-refractivity contribution in [3.63, 3.8) is 0 Å². The predicted octanol–water partition coefficient (Wildman–Crippen LogP) is 5.71. The molecule has 0 aromatic heterocycles. The van der Waals surface area contributed by atoms with Crippen molar-refractivity contribution in [1.82, 2.24) is 0 Å². The molecule has 5 unspecified atom stereocenters. The van der Waals surface area contributed by atoms with Crippen LogP contribution in [0.1, 0.15) is 59.4 Å². The standard InChI is InChI=1S/C30H37B2NO4/c1-7-20(2)25-8-14-28(15-9-25)33(29-16-10-26(11-17-29)31-34-21(3)22(4)35-31)30-18-12-27(13-19-30)32-36-23(5)24(6)37-32/h8-24H,7H2,1-6H3. The molecule has 0 amide bonds. The van der Waals surface area contributed by atoms with Gasteiger partial charge in [-0.3, -0.25) is 0 Å². The number of rotatable bonds is 7. The molecule has 37 heavy (non-hydrogen) atoms. The maximum atomic E-state index is 5.99. The van der Waals surface area contributed by atoms with Crippen molar-refractivity contribution in [3.05, 3.63) is 78.4 Å². The zero-order valence-corrected chi connectivity index (χ0v) is 22.8. The molecular weight excluding hydrogens is 460 g/mol. The molecule has 5 atom stereocenters. The van der Waals surface area contributed by atoms with E-state index in [4.69, 9.17) is 18.6 Å². The smallest absolute Gasteiger partial charge is 0.402 e. The Bertz CT molecular complexity index is 1080. The second-order valence-electron chi connectivity index (χ2n) is 10.4. The number of anilines is 3. The summed E-state index contributed by atoms with van der Waals surface area (Å²) >= 11 is 0. The van der Waals surface area contributed by atoms with E-state index in [9.17, 15) is 0 Å². The summed E-state index contributed by atoms with van der Waals surface area (Å²) in [7, 11) is -0.643. The average molecular weight is 497 g/mol. The van der Waals surface area contributed by atoms with E-state index < -0.39 is 0 Å². The number of hydrogen-bond acceptors (Lipinski definition) is 5. The second kappa shape index (κ2) is 11.0. The molecule has 2 fully saturated rings. The molecule has 0 N–H and O–H groups in total. The van der Waals surface area contributed by atoms with E-state index in [1.165, 1.54) is 5.56 Å². The van der Waals surface area contributed by atoms with Gasteiger partial charge >= 0.3 is 14.2 Å². The fraction of sp³-hybridized carbons (Fsp3) is 0.400. The third-order valence-corrected chi connectivity index (χ3v) is 7.85. The Morgan fingerprint density at radius 1 is 0.595 bits per heavy atom. The first kappa shape index (κ1) is 26.1. The number of benzene rings is 3. The highest BCUT2D eigenvalue weighted by Crippen LogP contribution is 2.35. The molecular formula is C30H37B2NO4. The molecule has 0 spiro atoms. The van der Waals surface area contributed by atoms with Gasteiger partial charge < -0.3 is 23.5 Å². The molecule has 2 aliphatic rings. The van der Waals surface area contributed by atoms with E-state index in [-0.39, 0.29) is 38.7 Å². The molecule has 0 radical (unpaired) electrons. The topological polar surface area (TPSA) is 40.2 Å². The van der Waals surface area contributed by atoms with Crippen LogP contribution < -0.4 is 15.8 Å². The van der Waals surface area contributed by atoms with Gasteiger partial charge in [-0.15, -0.1) is 0 Å². The quantitative estimate of drug-likeness (QED) is 0.392. The average Bonchev–Trinajstić information content (AvgIpc) is 3.44. The van der Waals surface area contributed by atoms with Crippen LogP contribution in [0, 0.1) is 0 Å². The molecule has 3 aromatic rings. The fourth-order valence-electron chi connectivity index (χ4n) is 4.80. The third kappa shape index (κ3) is 5.51. The zero-order valence-electron chi connectivity index (χ0n) is 22.8. The summed E-state index contributed by atoms with van der Waals surface area (Å²) in [6, 6.07) is 25.9. The normalized spacial score (nSPS) is 24.5. The minimum atomic E-state index is -0.321. The Morgan fingerprint density at radius 3 is 1.24 bits per heavy atom. The van der Waals surface area contributed by atoms with E-state index in [0.717, 1.165) is 34.4 Å². The van der Waals surface area contributed by atoms with Crippen molar-refractivity contribution in [2.45, 2.75) is 78.3 Å². The number of nitrogens with zero attached hydrogens (tertiary/aromatic N) is 1. The van der Waals surface area contributed by atoms with Crippen LogP contribution in [0.25, 0.3) is 0 Å². The highest BCUT2D eigenvalue weighted by atomic mass is 16.7. The van der Waals surface area contributed by atoms with Gasteiger partial charge in [0.2, 0.25) is 0 Å². The third-order valence-electron chi connectivity index (χ3n) is 7.85. The van der Waals surface area contributed by atoms with Crippen LogP contribution >= 0.6 is 0 Å². The monoisotopic (exact) mass is 497 g/mol. The van der Waals surface area contributed by atoms with Crippen molar-refractivity contribution < 1.29 is 18.6 Å². The minimum absolute atomic E-state index is 0.0857. The maximum absolute atomic E-state index is 5.99. The molecule has 0 aliphatic carbocycles. The highest BCUT2D eigenvalue weighted by Gasteiger charge is 2.37. The van der Waals surface area contributed by atoms with Crippen LogP contribution in [0.5, 0.6) is 0 Å². The van der Waals surface area contributed by atoms with E-state index in [2.05, 4.69) is 119 Å². The van der Waals surface area contributed by atoms with Crippen molar-refractivity contribution in [3.8, 4) is 0 Å². The van der Waals surface area contributed by atoms with Gasteiger partial charge in [0.25, 0.3) is 0 Å². The van der Waals surface area contributed by atoms with E-state index in [0.29, 0.717) is 5.92 Å². The van der Waals surface area contributed by atoms with Gasteiger partial charge in [-0.1, -0.05) is 50.2 Å². The van der Waals surface area contributed by atoms with Gasteiger partial charge in [0.1, 0.15) is 0 Å². The van der Waals surface area contributed by atoms with Gasteiger partial charge in [0, 0.05) is 17.1 Å². The molecule has 0 bridgehead atoms. The SMILES string of the molecule is CCC(C)c1ccc(N(c2ccc(B3OC(C)C(C)O3)cc2)c2ccc(B3OC(C)C(C)O3)cc2)cc1. The molecule has 2 aliphatic heterocycles. The summed E-state index contributed by atoms with van der Waals surface area (Å²) in [5, 5.41) is 0. The number of hydrogen-bond donors (Lipinski definition) is 0. The lowest BCUT2D eigenvalue weighted by Crippen LogP contribution is -2.32. The molecule has 5 rings (SSSR count). The lowest BCUT2D eigenvalue weighted by atomic mass is 9.79. The Kier molecular flexibility index (Phi) is 7.77. The molecule has 0 saturated carbocycles. The summed E-state index contributed by atoms with van der Waals surface area (Å²) in [6.07, 6.45) is 1.46. The van der Waals surface area contributed by atoms with E-state index in [1.807, 2.05) is 0 Å². The first-order valence-corrected chi connectivity index (χ1v) is 13.6. The molecule has 3 aromatic carbocycles. The summed E-state index contributed by atoms with van der Waals surface area (Å²) in [6.45, 7) is 12.7. The Labute approximate surface area is 222 Å². The Morgan fingerprint density at radius 2 is 0.919 bits per heavy atom. The van der Waals surface area contributed by atoms with E-state index >= 15 is 0 Å². The summed E-state index contributed by atoms with van der Waals surface area (Å²) in [4.78, 5) is 2.27. The molecule has 5 nitrogen and oxygen atoms in total. The van der Waals surface area contributed by atoms with Gasteiger partial charge in [0.15, 0.2) is 0 Å². The minimum Gasteiger partial charge on any atom is -0.402 e. The Balaban J connectivity index is 1.45. The highest BCUT2D eigenvalue weighted by molar-refractivity contribution is 6.62. The summed E-state index contributed by atoms with van der Waals surface area (Å²) in [5.41, 5.74) is 6.67. The first-order chi connectivity index (χ1) is 17.8. The van der Waals surface area contributed by atoms with Crippen LogP contribution in [0.15, 0.2) is 72.8 Å². The zero-order chi connectivity index (χ0) is 26.1. The maximum Gasteiger partial charge on any atom is 0.494 e. The van der Waals surface area contributed by atoms with Crippen molar-refractivity contribution in [2.24, 2.45) is 0 Å². The summed E-state index contributed by atoms with van der Waals surface area (Å²) < 4.78 is 24.0. The lowest BCUT2D eigenvalue weighted by Gasteiger charge is -2.26. The van der Waals surface area contributed by atoms with Crippen molar-refractivity contribution in [1.29, 1.82) is 0 Å². The van der Waals surface area contributed by atoms with Gasteiger partial charge in [-0.05, 0) is 92.9 Å². The lowest BCUT2D eigenvalue weighted by molar-refractivity contribution is 0.187. The van der Waals surface area contributed by atoms with Crippen LogP contribution in [0.4, 0.5) is 17.1 Å². The van der Waals surface area contributed by atoms with Gasteiger partial charge in [0.05, 0.1) is 24.4 Å². The van der Waals surface area contributed by atoms with Crippen LogP contribution in [-0.4, -0.2) is 38.7 Å². The largest absolute Gasteiger partial charge is 0.494 e. The van der Waals surface area contributed by atoms with Gasteiger partial charge in [-0.2, -0.15) is 0 Å². The molecule has 192 valence electrons. The molecule has 2 saturated heterocycles. The van der Waals surface area contributed by atoms with Crippen LogP contribution in [-0.2, 0) is 18.6 Å². The fourth-order valence-corrected chi connectivity index (χ4v) is 4.80. The van der Waals surface area contributed by atoms with Crippen molar-refractivity contribution in [2.75, 3.05) is 4.90 Å². The molecule has 2 heterocycles. The second-order valence-corrected chi connectivity index (χ2v) is 10.4. The van der Waals surface area contributed by atoms with Crippen LogP contribution in [0.2, 0.25) is 0 Å². The molecule has 7 heteroatoms. The summed E-state index contributed by atoms with van der Waals surface area (Å²) in [5.74, 6) is 0.536.